The van der Waals surface area contributed by atoms with E-state index in [9.17, 15) is 4.79 Å². The van der Waals surface area contributed by atoms with Crippen LogP contribution in [0.25, 0.3) is 52.4 Å². The van der Waals surface area contributed by atoms with Crippen molar-refractivity contribution >= 4 is 12.0 Å². The molecule has 0 saturated carbocycles. The average molecular weight is 499 g/mol. The number of oxazole rings is 6. The zero-order valence-corrected chi connectivity index (χ0v) is 18.6. The molecule has 1 amide bonds. The quantitative estimate of drug-likeness (QED) is 0.318. The van der Waals surface area contributed by atoms with Gasteiger partial charge in [-0.3, -0.25) is 4.79 Å². The molecule has 0 aliphatic carbocycles. The number of nitrogens with one attached hydrogen (secondary N) is 1. The van der Waals surface area contributed by atoms with Crippen LogP contribution >= 0.6 is 0 Å². The molecule has 1 aliphatic heterocycles. The van der Waals surface area contributed by atoms with Gasteiger partial charge in [-0.05, 0) is 6.08 Å². The summed E-state index contributed by atoms with van der Waals surface area (Å²) in [5.74, 6) is 0.870. The lowest BCUT2D eigenvalue weighted by molar-refractivity contribution is 0.0942. The van der Waals surface area contributed by atoms with Crippen LogP contribution in [0.3, 0.4) is 0 Å². The summed E-state index contributed by atoms with van der Waals surface area (Å²) >= 11 is 0. The minimum Gasteiger partial charge on any atom is -0.446 e. The summed E-state index contributed by atoms with van der Waals surface area (Å²) in [6.45, 7) is -0.00614. The summed E-state index contributed by atoms with van der Waals surface area (Å²) in [5, 5.41) is 2.66. The number of fused-ring (bicyclic) bond motifs is 16. The Morgan fingerprint density at radius 1 is 0.595 bits per heavy atom. The van der Waals surface area contributed by atoms with Crippen molar-refractivity contribution in [3.63, 3.8) is 0 Å². The van der Waals surface area contributed by atoms with Crippen LogP contribution < -0.4 is 5.32 Å². The van der Waals surface area contributed by atoms with Crippen molar-refractivity contribution in [3.05, 3.63) is 66.8 Å². The minimum atomic E-state index is -0.501. The van der Waals surface area contributed by atoms with E-state index in [1.165, 1.54) is 37.6 Å². The molecule has 37 heavy (non-hydrogen) atoms. The molecule has 6 aromatic rings. The van der Waals surface area contributed by atoms with Gasteiger partial charge in [-0.25, -0.2) is 29.9 Å². The summed E-state index contributed by atoms with van der Waals surface area (Å²) in [5.41, 5.74) is 2.10. The molecule has 1 N–H and O–H groups in total. The first-order chi connectivity index (χ1) is 18.2. The lowest BCUT2D eigenvalue weighted by Gasteiger charge is -1.98. The molecule has 182 valence electrons. The van der Waals surface area contributed by atoms with E-state index in [-0.39, 0.29) is 47.4 Å². The second kappa shape index (κ2) is 8.30. The number of hydrogen-bond donors (Lipinski definition) is 1. The Morgan fingerprint density at radius 3 is 1.95 bits per heavy atom. The van der Waals surface area contributed by atoms with E-state index in [2.05, 4.69) is 35.2 Å². The lowest BCUT2D eigenvalue weighted by atomic mass is 10.3. The maximum Gasteiger partial charge on any atom is 0.273 e. The van der Waals surface area contributed by atoms with Gasteiger partial charge in [-0.1, -0.05) is 6.08 Å². The third kappa shape index (κ3) is 3.91. The molecular formula is C23H13N7O7. The first-order valence-electron chi connectivity index (χ1n) is 10.8. The van der Waals surface area contributed by atoms with Gasteiger partial charge >= 0.3 is 0 Å². The summed E-state index contributed by atoms with van der Waals surface area (Å²) in [4.78, 5) is 38.5. The molecule has 12 bridgehead atoms. The van der Waals surface area contributed by atoms with Crippen molar-refractivity contribution in [1.82, 2.24) is 35.2 Å². The number of aromatic nitrogens is 6. The van der Waals surface area contributed by atoms with Crippen molar-refractivity contribution in [2.24, 2.45) is 0 Å². The van der Waals surface area contributed by atoms with Gasteiger partial charge in [-0.15, -0.1) is 0 Å². The number of hydrogen-bond acceptors (Lipinski definition) is 13. The van der Waals surface area contributed by atoms with Crippen molar-refractivity contribution in [2.75, 3.05) is 0 Å². The molecule has 6 aromatic heterocycles. The molecule has 0 aromatic carbocycles. The molecule has 1 aliphatic rings. The van der Waals surface area contributed by atoms with Crippen molar-refractivity contribution in [3.8, 4) is 46.3 Å². The highest BCUT2D eigenvalue weighted by Crippen LogP contribution is 2.26. The van der Waals surface area contributed by atoms with Crippen LogP contribution in [0.15, 0.2) is 70.2 Å². The first-order valence-corrected chi connectivity index (χ1v) is 10.8. The summed E-state index contributed by atoms with van der Waals surface area (Å²) in [7, 11) is 0. The highest BCUT2D eigenvalue weighted by molar-refractivity contribution is 5.92. The van der Waals surface area contributed by atoms with E-state index >= 15 is 0 Å². The maximum atomic E-state index is 12.5. The van der Waals surface area contributed by atoms with Crippen LogP contribution in [0.5, 0.6) is 0 Å². The number of amides is 1. The summed E-state index contributed by atoms with van der Waals surface area (Å²) in [6.07, 6.45) is 12.2. The first kappa shape index (κ1) is 20.8. The van der Waals surface area contributed by atoms with Crippen LogP contribution in [-0.2, 0) is 13.0 Å². The molecule has 0 spiro atoms. The van der Waals surface area contributed by atoms with E-state index in [1.807, 2.05) is 6.08 Å². The Balaban J connectivity index is 1.23. The van der Waals surface area contributed by atoms with Crippen LogP contribution in [0.4, 0.5) is 0 Å². The van der Waals surface area contributed by atoms with E-state index in [0.717, 1.165) is 0 Å². The van der Waals surface area contributed by atoms with E-state index in [4.69, 9.17) is 26.5 Å². The smallest absolute Gasteiger partial charge is 0.273 e. The average Bonchev–Trinajstić information content (AvgIpc) is 3.74. The van der Waals surface area contributed by atoms with Crippen LogP contribution in [-0.4, -0.2) is 35.8 Å². The van der Waals surface area contributed by atoms with Crippen LogP contribution in [0.1, 0.15) is 28.0 Å². The number of nitrogens with zero attached hydrogens (tertiary/aromatic N) is 6. The van der Waals surface area contributed by atoms with E-state index in [0.29, 0.717) is 35.1 Å². The Kier molecular flexibility index (Phi) is 4.67. The molecule has 0 atom stereocenters. The number of carbonyl (C=O) groups is 1. The van der Waals surface area contributed by atoms with Crippen LogP contribution in [0, 0.1) is 0 Å². The van der Waals surface area contributed by atoms with Gasteiger partial charge in [-0.2, -0.15) is 0 Å². The zero-order valence-electron chi connectivity index (χ0n) is 18.6. The third-order valence-corrected chi connectivity index (χ3v) is 5.23. The molecule has 7 rings (SSSR count). The lowest BCUT2D eigenvalue weighted by Crippen LogP contribution is -2.23. The molecule has 14 nitrogen and oxygen atoms in total. The van der Waals surface area contributed by atoms with Crippen molar-refractivity contribution in [1.29, 1.82) is 0 Å². The topological polar surface area (TPSA) is 185 Å². The fraction of sp³-hybridized carbons (Fsp3) is 0.0870. The normalized spacial score (nSPS) is 14.2. The predicted molar refractivity (Wildman–Crippen MR) is 119 cm³/mol. The largest absolute Gasteiger partial charge is 0.446 e. The molecular weight excluding hydrogens is 486 g/mol. The van der Waals surface area contributed by atoms with Gasteiger partial charge in [0.1, 0.15) is 37.6 Å². The SMILES string of the molecule is O=C1NCc2nc(co2)-c2nc(co2)-c2nc(co2)C/C=C/c2nc(co2)-c2nc(co2)-c2nc1co2. The molecule has 0 radical (unpaired) electrons. The second-order valence-electron chi connectivity index (χ2n) is 7.74. The van der Waals surface area contributed by atoms with Crippen molar-refractivity contribution < 1.29 is 31.3 Å². The standard InChI is InChI=1S/C23H13N7O7/c31-19-12-6-35-23(28-12)16-10-37-21(30-16)13-7-32-17(26-13)3-1-2-11-5-34-20(25-11)15-9-36-22(29-15)14-8-33-18(27-14)4-24-19/h1,3,5-10H,2,4H2,(H,24,31)/b3-1+. The number of allylic oxidation sites excluding steroid dienone is 1. The Morgan fingerprint density at radius 2 is 1.16 bits per heavy atom. The van der Waals surface area contributed by atoms with E-state index in [1.54, 1.807) is 6.08 Å². The van der Waals surface area contributed by atoms with Gasteiger partial charge in [0.2, 0.25) is 35.3 Å². The van der Waals surface area contributed by atoms with Gasteiger partial charge in [0.15, 0.2) is 28.5 Å². The minimum absolute atomic E-state index is 0.00614. The monoisotopic (exact) mass is 499 g/mol. The zero-order chi connectivity index (χ0) is 24.8. The molecule has 14 heteroatoms. The van der Waals surface area contributed by atoms with Gasteiger partial charge in [0.25, 0.3) is 5.91 Å². The van der Waals surface area contributed by atoms with Crippen molar-refractivity contribution in [2.45, 2.75) is 13.0 Å². The fourth-order valence-corrected chi connectivity index (χ4v) is 3.47. The van der Waals surface area contributed by atoms with E-state index < -0.39 is 5.91 Å². The third-order valence-electron chi connectivity index (χ3n) is 5.23. The molecule has 0 fully saturated rings. The highest BCUT2D eigenvalue weighted by atomic mass is 16.4. The molecule has 0 saturated heterocycles. The van der Waals surface area contributed by atoms with Crippen LogP contribution in [0.2, 0.25) is 0 Å². The maximum absolute atomic E-state index is 12.5. The Bertz CT molecular complexity index is 1760. The second-order valence-corrected chi connectivity index (χ2v) is 7.74. The molecule has 7 heterocycles. The van der Waals surface area contributed by atoms with Gasteiger partial charge < -0.3 is 31.8 Å². The summed E-state index contributed by atoms with van der Waals surface area (Å²) < 4.78 is 32.8. The van der Waals surface area contributed by atoms with Gasteiger partial charge in [0, 0.05) is 6.42 Å². The summed E-state index contributed by atoms with van der Waals surface area (Å²) in [6, 6.07) is 0. The fourth-order valence-electron chi connectivity index (χ4n) is 3.47. The Labute approximate surface area is 205 Å². The number of rotatable bonds is 0. The predicted octanol–water partition coefficient (Wildman–Crippen LogP) is 3.78. The molecule has 0 unspecified atom stereocenters. The Hall–Kier alpha value is -5.53. The number of carbonyl (C=O) groups excluding carboxylic acids is 1. The highest BCUT2D eigenvalue weighted by Gasteiger charge is 2.20. The van der Waals surface area contributed by atoms with Gasteiger partial charge in [0.05, 0.1) is 12.2 Å².